The van der Waals surface area contributed by atoms with Crippen LogP contribution in [0.3, 0.4) is 0 Å². The van der Waals surface area contributed by atoms with Gasteiger partial charge < -0.3 is 20.5 Å². The molecule has 35 heavy (non-hydrogen) atoms. The van der Waals surface area contributed by atoms with Crippen molar-refractivity contribution in [3.05, 3.63) is 53.7 Å². The van der Waals surface area contributed by atoms with Crippen LogP contribution in [0.5, 0.6) is 0 Å². The Morgan fingerprint density at radius 3 is 3.00 bits per heavy atom. The number of fused-ring (bicyclic) bond motifs is 2. The molecule has 0 radical (unpaired) electrons. The van der Waals surface area contributed by atoms with E-state index in [1.165, 1.54) is 18.0 Å². The van der Waals surface area contributed by atoms with Crippen molar-refractivity contribution in [1.29, 1.82) is 0 Å². The molecule has 9 heteroatoms. The van der Waals surface area contributed by atoms with Crippen LogP contribution in [0.15, 0.2) is 36.7 Å². The van der Waals surface area contributed by atoms with E-state index in [0.29, 0.717) is 23.7 Å². The van der Waals surface area contributed by atoms with Gasteiger partial charge in [-0.15, -0.1) is 0 Å². The predicted octanol–water partition coefficient (Wildman–Crippen LogP) is 4.21. The fraction of sp³-hybridized carbons (Fsp3) is 0.462. The van der Waals surface area contributed by atoms with Crippen LogP contribution in [0.1, 0.15) is 43.4 Å². The molecule has 5 rings (SSSR count). The van der Waals surface area contributed by atoms with Crippen LogP contribution < -0.4 is 10.6 Å². The monoisotopic (exact) mass is 479 g/mol. The largest absolute Gasteiger partial charge is 0.480 e. The molecular weight excluding hydrogens is 449 g/mol. The predicted molar refractivity (Wildman–Crippen MR) is 131 cm³/mol. The molecule has 0 spiro atoms. The summed E-state index contributed by atoms with van der Waals surface area (Å²) in [5.41, 5.74) is 2.61. The van der Waals surface area contributed by atoms with Crippen molar-refractivity contribution in [1.82, 2.24) is 15.0 Å². The molecule has 0 amide bonds. The lowest BCUT2D eigenvalue weighted by atomic mass is 9.79. The summed E-state index contributed by atoms with van der Waals surface area (Å²) in [6.07, 6.45) is 7.97. The van der Waals surface area contributed by atoms with Gasteiger partial charge in [0.25, 0.3) is 0 Å². The highest BCUT2D eigenvalue weighted by atomic mass is 19.1. The summed E-state index contributed by atoms with van der Waals surface area (Å²) in [5.74, 6) is 0.486. The maximum atomic E-state index is 14.0. The molecule has 1 fully saturated rings. The summed E-state index contributed by atoms with van der Waals surface area (Å²) < 4.78 is 19.9. The van der Waals surface area contributed by atoms with Crippen LogP contribution in [-0.4, -0.2) is 51.3 Å². The average molecular weight is 480 g/mol. The zero-order valence-corrected chi connectivity index (χ0v) is 19.5. The van der Waals surface area contributed by atoms with E-state index in [0.717, 1.165) is 56.6 Å². The minimum Gasteiger partial charge on any atom is -0.480 e. The number of para-hydroxylation sites is 1. The molecule has 1 aromatic carbocycles. The van der Waals surface area contributed by atoms with Gasteiger partial charge in [0.05, 0.1) is 6.10 Å². The third kappa shape index (κ3) is 5.51. The van der Waals surface area contributed by atoms with Crippen LogP contribution >= 0.6 is 0 Å². The number of ether oxygens (including phenoxy) is 1. The van der Waals surface area contributed by atoms with Gasteiger partial charge in [-0.3, -0.25) is 0 Å². The van der Waals surface area contributed by atoms with Crippen molar-refractivity contribution in [2.24, 2.45) is 5.92 Å². The number of aromatic nitrogens is 3. The lowest BCUT2D eigenvalue weighted by Gasteiger charge is -2.35. The normalized spacial score (nSPS) is 19.9. The molecule has 8 nitrogen and oxygen atoms in total. The van der Waals surface area contributed by atoms with Gasteiger partial charge in [-0.2, -0.15) is 0 Å². The first-order chi connectivity index (χ1) is 17.1. The van der Waals surface area contributed by atoms with E-state index in [1.807, 2.05) is 0 Å². The van der Waals surface area contributed by atoms with Gasteiger partial charge >= 0.3 is 5.97 Å². The molecule has 184 valence electrons. The Hall–Kier alpha value is -3.33. The maximum absolute atomic E-state index is 14.0. The Morgan fingerprint density at radius 2 is 2.14 bits per heavy atom. The Labute approximate surface area is 203 Å². The summed E-state index contributed by atoms with van der Waals surface area (Å²) >= 11 is 0. The van der Waals surface area contributed by atoms with Gasteiger partial charge in [0.1, 0.15) is 35.3 Å². The van der Waals surface area contributed by atoms with Crippen molar-refractivity contribution < 1.29 is 19.0 Å². The maximum Gasteiger partial charge on any atom is 0.326 e. The third-order valence-corrected chi connectivity index (χ3v) is 6.94. The fourth-order valence-electron chi connectivity index (χ4n) is 4.85. The van der Waals surface area contributed by atoms with E-state index in [-0.39, 0.29) is 18.0 Å². The smallest absolute Gasteiger partial charge is 0.326 e. The molecule has 0 saturated heterocycles. The number of rotatable bonds is 10. The van der Waals surface area contributed by atoms with Crippen molar-refractivity contribution >= 4 is 28.5 Å². The summed E-state index contributed by atoms with van der Waals surface area (Å²) in [4.78, 5) is 24.6. The number of halogens is 1. The first-order valence-electron chi connectivity index (χ1n) is 12.3. The van der Waals surface area contributed by atoms with Crippen molar-refractivity contribution in [2.75, 3.05) is 23.8 Å². The lowest BCUT2D eigenvalue weighted by molar-refractivity contribution is -0.138. The topological polar surface area (TPSA) is 109 Å². The first kappa shape index (κ1) is 23.4. The van der Waals surface area contributed by atoms with E-state index in [1.54, 1.807) is 12.1 Å². The van der Waals surface area contributed by atoms with Gasteiger partial charge in [-0.05, 0) is 68.2 Å². The Bertz CT molecular complexity index is 1200. The van der Waals surface area contributed by atoms with E-state index >= 15 is 0 Å². The quantitative estimate of drug-likeness (QED) is 0.397. The number of hydrogen-bond donors (Lipinski definition) is 3. The molecule has 1 aliphatic carbocycles. The minimum atomic E-state index is -1.00. The van der Waals surface area contributed by atoms with Gasteiger partial charge in [0.15, 0.2) is 0 Å². The second kappa shape index (κ2) is 10.5. The minimum absolute atomic E-state index is 0.160. The van der Waals surface area contributed by atoms with E-state index < -0.39 is 17.8 Å². The van der Waals surface area contributed by atoms with Crippen molar-refractivity contribution in [3.63, 3.8) is 0 Å². The second-order valence-corrected chi connectivity index (χ2v) is 9.39. The van der Waals surface area contributed by atoms with Gasteiger partial charge in [-0.25, -0.2) is 24.1 Å². The highest BCUT2D eigenvalue weighted by molar-refractivity contribution is 5.90. The Kier molecular flexibility index (Phi) is 7.03. The van der Waals surface area contributed by atoms with E-state index in [4.69, 9.17) is 9.72 Å². The lowest BCUT2D eigenvalue weighted by Crippen LogP contribution is -2.35. The Morgan fingerprint density at radius 1 is 1.26 bits per heavy atom. The number of nitrogens with zero attached hydrogens (tertiary/aromatic N) is 3. The molecule has 2 aromatic heterocycles. The summed E-state index contributed by atoms with van der Waals surface area (Å²) in [7, 11) is 0. The number of carbonyl (C=O) groups is 1. The molecule has 2 aliphatic rings. The third-order valence-electron chi connectivity index (χ3n) is 6.94. The molecule has 3 heterocycles. The van der Waals surface area contributed by atoms with Gasteiger partial charge in [0, 0.05) is 30.7 Å². The van der Waals surface area contributed by atoms with Gasteiger partial charge in [0.2, 0.25) is 0 Å². The molecule has 3 N–H and O–H groups in total. The zero-order chi connectivity index (χ0) is 24.2. The van der Waals surface area contributed by atoms with E-state index in [2.05, 4.69) is 32.7 Å². The van der Waals surface area contributed by atoms with Gasteiger partial charge in [-0.1, -0.05) is 12.1 Å². The average Bonchev–Trinajstić information content (AvgIpc) is 2.84. The number of hydrogen-bond acceptors (Lipinski definition) is 7. The SMILES string of the molecule is O=C(O)[C@H](CCOC1CC(CCc2ccc3c(n2)NCCC3)C1)Nc1ncnc2c(F)cccc12. The second-order valence-electron chi connectivity index (χ2n) is 9.39. The summed E-state index contributed by atoms with van der Waals surface area (Å²) in [5, 5.41) is 16.4. The van der Waals surface area contributed by atoms with E-state index in [9.17, 15) is 14.3 Å². The summed E-state index contributed by atoms with van der Waals surface area (Å²) in [6, 6.07) is 7.98. The number of pyridine rings is 1. The molecule has 0 bridgehead atoms. The standard InChI is InChI=1S/C26H30FN5O3/c27-21-5-1-4-20-23(21)29-15-30-25(20)32-22(26(33)34)10-12-35-19-13-16(14-19)6-8-18-9-7-17-3-2-11-28-24(17)31-18/h1,4-5,7,9,15-16,19,22H,2-3,6,8,10-14H2,(H,28,31)(H,33,34)(H,29,30,32)/t16?,19?,22-/m0/s1. The highest BCUT2D eigenvalue weighted by Gasteiger charge is 2.30. The number of carboxylic acid groups (broad SMARTS) is 1. The van der Waals surface area contributed by atoms with Crippen LogP contribution in [0, 0.1) is 11.7 Å². The van der Waals surface area contributed by atoms with Crippen LogP contribution in [0.2, 0.25) is 0 Å². The first-order valence-corrected chi connectivity index (χ1v) is 12.3. The molecule has 1 saturated carbocycles. The number of carboxylic acids is 1. The number of benzene rings is 1. The molecule has 1 atom stereocenters. The zero-order valence-electron chi connectivity index (χ0n) is 19.5. The number of anilines is 2. The van der Waals surface area contributed by atoms with Crippen molar-refractivity contribution in [3.8, 4) is 0 Å². The summed E-state index contributed by atoms with van der Waals surface area (Å²) in [6.45, 7) is 1.33. The fourth-order valence-corrected chi connectivity index (χ4v) is 4.85. The molecule has 1 aliphatic heterocycles. The molecular formula is C26H30FN5O3. The van der Waals surface area contributed by atoms with Crippen LogP contribution in [0.4, 0.5) is 16.0 Å². The molecule has 0 unspecified atom stereocenters. The highest BCUT2D eigenvalue weighted by Crippen LogP contribution is 2.34. The van der Waals surface area contributed by atoms with Crippen LogP contribution in [-0.2, 0) is 22.4 Å². The molecule has 3 aromatic rings. The van der Waals surface area contributed by atoms with Crippen molar-refractivity contribution in [2.45, 2.75) is 57.1 Å². The van der Waals surface area contributed by atoms with Crippen LogP contribution in [0.25, 0.3) is 10.9 Å². The number of aliphatic carboxylic acids is 1. The number of aryl methyl sites for hydroxylation is 2. The number of nitrogens with one attached hydrogen (secondary N) is 2. The Balaban J connectivity index is 1.06.